The van der Waals surface area contributed by atoms with Crippen molar-refractivity contribution in [1.29, 1.82) is 0 Å². The molecule has 0 bridgehead atoms. The average molecular weight is 363 g/mol. The van der Waals surface area contributed by atoms with E-state index in [4.69, 9.17) is 15.0 Å². The first-order chi connectivity index (χ1) is 12.4. The number of hydrogen-bond acceptors (Lipinski definition) is 5. The third kappa shape index (κ3) is 11.3. The highest BCUT2D eigenvalue weighted by molar-refractivity contribution is 5.67. The van der Waals surface area contributed by atoms with Gasteiger partial charge in [-0.15, -0.1) is 0 Å². The van der Waals surface area contributed by atoms with Crippen molar-refractivity contribution in [3.63, 3.8) is 0 Å². The van der Waals surface area contributed by atoms with Gasteiger partial charge in [-0.05, 0) is 50.4 Å². The molecule has 0 atom stereocenters. The standard InChI is InChI=1S/C18H29N5O3/c1-18(2,3)26-17(24)21-10-12-25-11-4-9-20-13-15-5-7-16(8-6-15)14-22-23-19/h5-8,20H,4,9-14H2,1-3H3,(H,21,24). The molecule has 0 radical (unpaired) electrons. The minimum absolute atomic E-state index is 0.379. The highest BCUT2D eigenvalue weighted by Gasteiger charge is 2.15. The molecule has 0 aliphatic heterocycles. The molecule has 0 heterocycles. The molecular formula is C18H29N5O3. The molecule has 0 fully saturated rings. The van der Waals surface area contributed by atoms with Crippen LogP contribution in [0.4, 0.5) is 4.79 Å². The molecule has 1 amide bonds. The molecule has 26 heavy (non-hydrogen) atoms. The monoisotopic (exact) mass is 363 g/mol. The SMILES string of the molecule is CC(C)(C)OC(=O)NCCOCCCNCc1ccc(CN=[N+]=[N-])cc1. The zero-order valence-electron chi connectivity index (χ0n) is 15.8. The molecule has 8 nitrogen and oxygen atoms in total. The van der Waals surface area contributed by atoms with E-state index in [0.717, 1.165) is 25.1 Å². The van der Waals surface area contributed by atoms with Crippen LogP contribution in [0.5, 0.6) is 0 Å². The zero-order chi connectivity index (χ0) is 19.3. The maximum atomic E-state index is 11.4. The second-order valence-electron chi connectivity index (χ2n) is 6.78. The summed E-state index contributed by atoms with van der Waals surface area (Å²) in [4.78, 5) is 14.2. The van der Waals surface area contributed by atoms with E-state index in [1.807, 2.05) is 45.0 Å². The van der Waals surface area contributed by atoms with E-state index in [9.17, 15) is 4.79 Å². The highest BCUT2D eigenvalue weighted by Crippen LogP contribution is 2.06. The van der Waals surface area contributed by atoms with E-state index in [1.54, 1.807) is 0 Å². The van der Waals surface area contributed by atoms with Gasteiger partial charge in [0.05, 0.1) is 13.2 Å². The Morgan fingerprint density at radius 3 is 2.50 bits per heavy atom. The number of rotatable bonds is 11. The number of amides is 1. The van der Waals surface area contributed by atoms with Gasteiger partial charge in [0.25, 0.3) is 0 Å². The van der Waals surface area contributed by atoms with Crippen LogP contribution < -0.4 is 10.6 Å². The Bertz CT molecular complexity index is 577. The van der Waals surface area contributed by atoms with E-state index in [2.05, 4.69) is 20.7 Å². The van der Waals surface area contributed by atoms with Crippen molar-refractivity contribution in [3.8, 4) is 0 Å². The van der Waals surface area contributed by atoms with E-state index >= 15 is 0 Å². The molecule has 144 valence electrons. The fraction of sp³-hybridized carbons (Fsp3) is 0.611. The van der Waals surface area contributed by atoms with E-state index < -0.39 is 11.7 Å². The second-order valence-corrected chi connectivity index (χ2v) is 6.78. The Balaban J connectivity index is 1.99. The number of azide groups is 1. The number of nitrogens with zero attached hydrogens (tertiary/aromatic N) is 3. The second kappa shape index (κ2) is 12.1. The van der Waals surface area contributed by atoms with Crippen LogP contribution in [0, 0.1) is 0 Å². The van der Waals surface area contributed by atoms with Crippen molar-refractivity contribution in [2.75, 3.05) is 26.3 Å². The number of carbonyl (C=O) groups excluding carboxylic acids is 1. The van der Waals surface area contributed by atoms with Crippen molar-refractivity contribution >= 4 is 6.09 Å². The van der Waals surface area contributed by atoms with E-state index in [0.29, 0.717) is 26.3 Å². The third-order valence-corrected chi connectivity index (χ3v) is 3.23. The molecule has 0 unspecified atom stereocenters. The summed E-state index contributed by atoms with van der Waals surface area (Å²) in [6, 6.07) is 7.97. The molecule has 8 heteroatoms. The molecule has 0 saturated heterocycles. The smallest absolute Gasteiger partial charge is 0.407 e. The maximum Gasteiger partial charge on any atom is 0.407 e. The van der Waals surface area contributed by atoms with Gasteiger partial charge in [-0.25, -0.2) is 4.79 Å². The fourth-order valence-corrected chi connectivity index (χ4v) is 2.05. The molecule has 2 N–H and O–H groups in total. The quantitative estimate of drug-likeness (QED) is 0.271. The number of alkyl carbamates (subject to hydrolysis) is 1. The molecule has 0 aliphatic rings. The molecule has 1 aromatic rings. The van der Waals surface area contributed by atoms with Gasteiger partial charge in [-0.1, -0.05) is 29.4 Å². The summed E-state index contributed by atoms with van der Waals surface area (Å²) in [7, 11) is 0. The molecule has 1 aromatic carbocycles. The molecule has 0 aromatic heterocycles. The van der Waals surface area contributed by atoms with Crippen LogP contribution >= 0.6 is 0 Å². The summed E-state index contributed by atoms with van der Waals surface area (Å²) in [6.45, 7) is 9.02. The molecule has 1 rings (SSSR count). The minimum atomic E-state index is -0.485. The Hall–Kier alpha value is -2.28. The van der Waals surface area contributed by atoms with Crippen molar-refractivity contribution < 1.29 is 14.3 Å². The van der Waals surface area contributed by atoms with Crippen LogP contribution in [0.2, 0.25) is 0 Å². The van der Waals surface area contributed by atoms with Crippen LogP contribution in [0.3, 0.4) is 0 Å². The van der Waals surface area contributed by atoms with Crippen molar-refractivity contribution in [1.82, 2.24) is 10.6 Å². The lowest BCUT2D eigenvalue weighted by Gasteiger charge is -2.19. The van der Waals surface area contributed by atoms with Gasteiger partial charge >= 0.3 is 6.09 Å². The van der Waals surface area contributed by atoms with Gasteiger partial charge < -0.3 is 20.1 Å². The summed E-state index contributed by atoms with van der Waals surface area (Å²) >= 11 is 0. The van der Waals surface area contributed by atoms with Crippen LogP contribution in [0.25, 0.3) is 10.4 Å². The predicted octanol–water partition coefficient (Wildman–Crippen LogP) is 3.52. The number of carbonyl (C=O) groups is 1. The van der Waals surface area contributed by atoms with Gasteiger partial charge in [-0.2, -0.15) is 0 Å². The first-order valence-corrected chi connectivity index (χ1v) is 8.75. The summed E-state index contributed by atoms with van der Waals surface area (Å²) in [5, 5.41) is 9.53. The van der Waals surface area contributed by atoms with Gasteiger partial charge in [0, 0.05) is 24.6 Å². The van der Waals surface area contributed by atoms with Gasteiger partial charge in [0.2, 0.25) is 0 Å². The lowest BCUT2D eigenvalue weighted by molar-refractivity contribution is 0.0499. The van der Waals surface area contributed by atoms with Crippen molar-refractivity contribution in [3.05, 3.63) is 45.8 Å². The molecule has 0 saturated carbocycles. The fourth-order valence-electron chi connectivity index (χ4n) is 2.05. The summed E-state index contributed by atoms with van der Waals surface area (Å²) in [5.41, 5.74) is 9.99. The number of benzene rings is 1. The Labute approximate surface area is 154 Å². The summed E-state index contributed by atoms with van der Waals surface area (Å²) < 4.78 is 10.6. The number of ether oxygens (including phenoxy) is 2. The highest BCUT2D eigenvalue weighted by atomic mass is 16.6. The van der Waals surface area contributed by atoms with Crippen LogP contribution in [-0.2, 0) is 22.6 Å². The Morgan fingerprint density at radius 1 is 1.15 bits per heavy atom. The van der Waals surface area contributed by atoms with Gasteiger partial charge in [0.1, 0.15) is 5.60 Å². The van der Waals surface area contributed by atoms with Gasteiger partial charge in [-0.3, -0.25) is 0 Å². The van der Waals surface area contributed by atoms with Crippen LogP contribution in [0.1, 0.15) is 38.3 Å². The topological polar surface area (TPSA) is 108 Å². The summed E-state index contributed by atoms with van der Waals surface area (Å²) in [6.07, 6.45) is 0.467. The first-order valence-electron chi connectivity index (χ1n) is 8.75. The minimum Gasteiger partial charge on any atom is -0.444 e. The van der Waals surface area contributed by atoms with E-state index in [-0.39, 0.29) is 0 Å². The number of hydrogen-bond donors (Lipinski definition) is 2. The lowest BCUT2D eigenvalue weighted by atomic mass is 10.1. The number of nitrogens with one attached hydrogen (secondary N) is 2. The Morgan fingerprint density at radius 2 is 1.85 bits per heavy atom. The normalized spacial score (nSPS) is 10.9. The van der Waals surface area contributed by atoms with E-state index in [1.165, 1.54) is 5.56 Å². The first kappa shape index (κ1) is 21.8. The molecule has 0 spiro atoms. The largest absolute Gasteiger partial charge is 0.444 e. The van der Waals surface area contributed by atoms with Gasteiger partial charge in [0.15, 0.2) is 0 Å². The van der Waals surface area contributed by atoms with Crippen LogP contribution in [-0.4, -0.2) is 38.0 Å². The Kier molecular flexibility index (Phi) is 10.2. The van der Waals surface area contributed by atoms with Crippen LogP contribution in [0.15, 0.2) is 29.4 Å². The van der Waals surface area contributed by atoms with Crippen molar-refractivity contribution in [2.45, 2.75) is 45.9 Å². The van der Waals surface area contributed by atoms with Crippen molar-refractivity contribution in [2.24, 2.45) is 5.11 Å². The third-order valence-electron chi connectivity index (χ3n) is 3.23. The molecule has 0 aliphatic carbocycles. The predicted molar refractivity (Wildman–Crippen MR) is 101 cm³/mol. The zero-order valence-corrected chi connectivity index (χ0v) is 15.8. The molecular weight excluding hydrogens is 334 g/mol. The average Bonchev–Trinajstić information content (AvgIpc) is 2.58. The maximum absolute atomic E-state index is 11.4. The lowest BCUT2D eigenvalue weighted by Crippen LogP contribution is -2.34. The summed E-state index contributed by atoms with van der Waals surface area (Å²) in [5.74, 6) is 0.